The molecule has 1 aromatic carbocycles. The monoisotopic (exact) mass is 363 g/mol. The minimum absolute atomic E-state index is 0.0498. The maximum absolute atomic E-state index is 11.1. The summed E-state index contributed by atoms with van der Waals surface area (Å²) >= 11 is 0. The number of ether oxygens (including phenoxy) is 1. The second-order valence-corrected chi connectivity index (χ2v) is 8.49. The fraction of sp³-hybridized carbons (Fsp3) is 0.714. The minimum atomic E-state index is -1.32. The Bertz CT molecular complexity index is 641. The summed E-state index contributed by atoms with van der Waals surface area (Å²) in [5.74, 6) is 0.789. The Morgan fingerprint density at radius 2 is 1.77 bits per heavy atom. The van der Waals surface area contributed by atoms with Crippen LogP contribution in [0.3, 0.4) is 0 Å². The van der Waals surface area contributed by atoms with Gasteiger partial charge in [0.25, 0.3) is 0 Å². The van der Waals surface area contributed by atoms with Gasteiger partial charge in [-0.15, -0.1) is 0 Å². The molecule has 2 atom stereocenters. The van der Waals surface area contributed by atoms with Crippen molar-refractivity contribution in [2.45, 2.75) is 70.2 Å². The van der Waals surface area contributed by atoms with Crippen LogP contribution < -0.4 is 4.74 Å². The molecule has 3 rings (SSSR count). The van der Waals surface area contributed by atoms with E-state index in [-0.39, 0.29) is 6.61 Å². The molecule has 1 aromatic rings. The van der Waals surface area contributed by atoms with Gasteiger partial charge in [0.15, 0.2) is 0 Å². The summed E-state index contributed by atoms with van der Waals surface area (Å²) in [5.41, 5.74) is 1.27. The third-order valence-corrected chi connectivity index (χ3v) is 6.23. The summed E-state index contributed by atoms with van der Waals surface area (Å²) < 4.78 is 6.01. The highest BCUT2D eigenvalue weighted by Gasteiger charge is 2.44. The van der Waals surface area contributed by atoms with Gasteiger partial charge in [-0.05, 0) is 56.7 Å². The molecule has 5 nitrogen and oxygen atoms in total. The van der Waals surface area contributed by atoms with Crippen molar-refractivity contribution in [1.82, 2.24) is 4.90 Å². The lowest BCUT2D eigenvalue weighted by Gasteiger charge is -2.44. The third-order valence-electron chi connectivity index (χ3n) is 6.23. The van der Waals surface area contributed by atoms with Gasteiger partial charge >= 0.3 is 0 Å². The summed E-state index contributed by atoms with van der Waals surface area (Å²) in [6.07, 6.45) is 3.44. The predicted octanol–water partition coefficient (Wildman–Crippen LogP) is 2.09. The quantitative estimate of drug-likeness (QED) is 0.747. The van der Waals surface area contributed by atoms with Gasteiger partial charge in [0.2, 0.25) is 0 Å². The number of rotatable bonds is 5. The Morgan fingerprint density at radius 3 is 2.46 bits per heavy atom. The summed E-state index contributed by atoms with van der Waals surface area (Å²) in [4.78, 5) is 2.08. The van der Waals surface area contributed by atoms with Crippen LogP contribution in [0.1, 0.15) is 48.8 Å². The minimum Gasteiger partial charge on any atom is -0.490 e. The van der Waals surface area contributed by atoms with Gasteiger partial charge in [-0.3, -0.25) is 4.90 Å². The first-order valence-electron chi connectivity index (χ1n) is 9.77. The van der Waals surface area contributed by atoms with Crippen molar-refractivity contribution in [1.29, 1.82) is 0 Å². The van der Waals surface area contributed by atoms with Gasteiger partial charge in [-0.1, -0.05) is 25.0 Å². The Morgan fingerprint density at radius 1 is 1.12 bits per heavy atom. The number of β-amino-alcohol motifs (C(OH)–C–C–N with tert-alkyl or cyclic N) is 2. The number of aliphatic hydroxyl groups is 3. The predicted molar refractivity (Wildman–Crippen MR) is 102 cm³/mol. The first-order valence-corrected chi connectivity index (χ1v) is 9.77. The molecular formula is C21H33NO4. The molecule has 1 aliphatic heterocycles. The Labute approximate surface area is 156 Å². The average molecular weight is 363 g/mol. The van der Waals surface area contributed by atoms with Crippen molar-refractivity contribution in [3.8, 4) is 5.75 Å². The van der Waals surface area contributed by atoms with E-state index in [4.69, 9.17) is 4.74 Å². The SMILES string of the molecule is Cc1ccc(C)c(OC[C@@]2(O)CN(CC3(O)CCCC3)CC[C@@H]2O)c1C. The lowest BCUT2D eigenvalue weighted by molar-refractivity contribution is -0.147. The number of likely N-dealkylation sites (tertiary alicyclic amines) is 1. The number of nitrogens with zero attached hydrogens (tertiary/aromatic N) is 1. The number of piperidine rings is 1. The van der Waals surface area contributed by atoms with Crippen molar-refractivity contribution in [2.24, 2.45) is 0 Å². The summed E-state index contributed by atoms with van der Waals surface area (Å²) in [7, 11) is 0. The van der Waals surface area contributed by atoms with Crippen molar-refractivity contribution >= 4 is 0 Å². The van der Waals surface area contributed by atoms with Gasteiger partial charge in [0.05, 0.1) is 11.7 Å². The second-order valence-electron chi connectivity index (χ2n) is 8.49. The highest BCUT2D eigenvalue weighted by molar-refractivity contribution is 5.44. The summed E-state index contributed by atoms with van der Waals surface area (Å²) in [6.45, 7) is 7.66. The topological polar surface area (TPSA) is 73.2 Å². The molecule has 0 amide bonds. The van der Waals surface area contributed by atoms with Crippen LogP contribution in [-0.2, 0) is 0 Å². The zero-order valence-corrected chi connectivity index (χ0v) is 16.3. The Kier molecular flexibility index (Phi) is 5.63. The molecular weight excluding hydrogens is 330 g/mol. The lowest BCUT2D eigenvalue weighted by Crippen LogP contribution is -2.61. The molecule has 0 aromatic heterocycles. The highest BCUT2D eigenvalue weighted by Crippen LogP contribution is 2.33. The van der Waals surface area contributed by atoms with Crippen molar-refractivity contribution in [3.63, 3.8) is 0 Å². The number of hydrogen-bond acceptors (Lipinski definition) is 5. The molecule has 5 heteroatoms. The van der Waals surface area contributed by atoms with Crippen LogP contribution >= 0.6 is 0 Å². The maximum Gasteiger partial charge on any atom is 0.137 e. The van der Waals surface area contributed by atoms with Crippen LogP contribution in [0.15, 0.2) is 12.1 Å². The van der Waals surface area contributed by atoms with E-state index in [0.29, 0.717) is 26.1 Å². The fourth-order valence-corrected chi connectivity index (χ4v) is 4.37. The zero-order chi connectivity index (χ0) is 18.9. The van der Waals surface area contributed by atoms with Crippen molar-refractivity contribution in [3.05, 3.63) is 28.8 Å². The molecule has 0 unspecified atom stereocenters. The van der Waals surface area contributed by atoms with E-state index < -0.39 is 17.3 Å². The van der Waals surface area contributed by atoms with E-state index in [0.717, 1.165) is 48.1 Å². The van der Waals surface area contributed by atoms with Crippen LogP contribution in [-0.4, -0.2) is 63.8 Å². The Balaban J connectivity index is 1.68. The Hall–Kier alpha value is -1.14. The van der Waals surface area contributed by atoms with Crippen LogP contribution in [0.5, 0.6) is 5.75 Å². The maximum atomic E-state index is 11.1. The zero-order valence-electron chi connectivity index (χ0n) is 16.3. The van der Waals surface area contributed by atoms with Gasteiger partial charge in [-0.2, -0.15) is 0 Å². The standard InChI is InChI=1S/C21H33NO4/c1-15-6-7-16(2)19(17(15)3)26-14-21(25)13-22(11-8-18(21)23)12-20(24)9-4-5-10-20/h6-7,18,23-25H,4-5,8-14H2,1-3H3/t18-,21-/m0/s1. The second kappa shape index (κ2) is 7.47. The van der Waals surface area contributed by atoms with E-state index in [1.807, 2.05) is 26.8 Å². The van der Waals surface area contributed by atoms with Gasteiger partial charge < -0.3 is 20.1 Å². The summed E-state index contributed by atoms with van der Waals surface area (Å²) in [5, 5.41) is 32.2. The van der Waals surface area contributed by atoms with E-state index in [2.05, 4.69) is 11.0 Å². The third kappa shape index (κ3) is 4.06. The van der Waals surface area contributed by atoms with E-state index in [1.165, 1.54) is 0 Å². The first kappa shape index (κ1) is 19.6. The van der Waals surface area contributed by atoms with Crippen molar-refractivity contribution < 1.29 is 20.1 Å². The molecule has 0 spiro atoms. The van der Waals surface area contributed by atoms with E-state index in [1.54, 1.807) is 0 Å². The first-order chi connectivity index (χ1) is 12.2. The van der Waals surface area contributed by atoms with Gasteiger partial charge in [0.1, 0.15) is 18.0 Å². The molecule has 146 valence electrons. The van der Waals surface area contributed by atoms with Crippen LogP contribution in [0.4, 0.5) is 0 Å². The normalized spacial score (nSPS) is 29.1. The number of hydrogen-bond donors (Lipinski definition) is 3. The molecule has 1 aliphatic carbocycles. The smallest absolute Gasteiger partial charge is 0.137 e. The number of benzene rings is 1. The molecule has 1 saturated heterocycles. The molecule has 0 radical (unpaired) electrons. The molecule has 2 fully saturated rings. The van der Waals surface area contributed by atoms with Crippen LogP contribution in [0.25, 0.3) is 0 Å². The van der Waals surface area contributed by atoms with Gasteiger partial charge in [-0.25, -0.2) is 0 Å². The molecule has 2 aliphatic rings. The van der Waals surface area contributed by atoms with Crippen molar-refractivity contribution in [2.75, 3.05) is 26.2 Å². The molecule has 0 bridgehead atoms. The molecule has 1 saturated carbocycles. The average Bonchev–Trinajstić information content (AvgIpc) is 3.01. The highest BCUT2D eigenvalue weighted by atomic mass is 16.5. The molecule has 1 heterocycles. The summed E-state index contributed by atoms with van der Waals surface area (Å²) in [6, 6.07) is 4.08. The lowest BCUT2D eigenvalue weighted by atomic mass is 9.89. The molecule has 3 N–H and O–H groups in total. The molecule has 26 heavy (non-hydrogen) atoms. The van der Waals surface area contributed by atoms with Crippen LogP contribution in [0.2, 0.25) is 0 Å². The number of aliphatic hydroxyl groups excluding tert-OH is 1. The number of aryl methyl sites for hydroxylation is 2. The van der Waals surface area contributed by atoms with Gasteiger partial charge in [0, 0.05) is 19.6 Å². The van der Waals surface area contributed by atoms with Crippen LogP contribution in [0, 0.1) is 20.8 Å². The largest absolute Gasteiger partial charge is 0.490 e. The van der Waals surface area contributed by atoms with E-state index in [9.17, 15) is 15.3 Å². The fourth-order valence-electron chi connectivity index (χ4n) is 4.37. The van der Waals surface area contributed by atoms with E-state index >= 15 is 0 Å².